The van der Waals surface area contributed by atoms with Crippen LogP contribution in [0.2, 0.25) is 0 Å². The lowest BCUT2D eigenvalue weighted by atomic mass is 10.2. The number of carbonyl (C=O) groups is 2. The topological polar surface area (TPSA) is 78.4 Å². The molecule has 5 heteroatoms. The second-order valence-electron chi connectivity index (χ2n) is 2.64. The maximum Gasteiger partial charge on any atom is 0.329 e. The first-order chi connectivity index (χ1) is 5.70. The van der Waals surface area contributed by atoms with Crippen molar-refractivity contribution in [2.45, 2.75) is 18.9 Å². The van der Waals surface area contributed by atoms with Crippen LogP contribution in [0.3, 0.4) is 0 Å². The van der Waals surface area contributed by atoms with Gasteiger partial charge in [0.1, 0.15) is 0 Å². The Morgan fingerprint density at radius 3 is 2.83 bits per heavy atom. The number of hydrogen-bond acceptors (Lipinski definition) is 3. The number of carboxylic acid groups (broad SMARTS) is 1. The maximum atomic E-state index is 11.1. The smallest absolute Gasteiger partial charge is 0.329 e. The van der Waals surface area contributed by atoms with Crippen molar-refractivity contribution in [2.75, 3.05) is 6.54 Å². The van der Waals surface area contributed by atoms with E-state index in [1.165, 1.54) is 0 Å². The van der Waals surface area contributed by atoms with Crippen LogP contribution >= 0.6 is 0 Å². The van der Waals surface area contributed by atoms with Crippen LogP contribution in [-0.4, -0.2) is 29.6 Å². The Labute approximate surface area is 70.1 Å². The van der Waals surface area contributed by atoms with E-state index in [1.54, 1.807) is 0 Å². The molecule has 12 heavy (non-hydrogen) atoms. The second-order valence-corrected chi connectivity index (χ2v) is 2.64. The summed E-state index contributed by atoms with van der Waals surface area (Å²) in [6.45, 7) is 1.58. The normalized spacial score (nSPS) is 22.2. The first-order valence-electron chi connectivity index (χ1n) is 3.80. The monoisotopic (exact) mass is 171 g/mol. The van der Waals surface area contributed by atoms with E-state index in [0.717, 1.165) is 25.9 Å². The van der Waals surface area contributed by atoms with E-state index in [9.17, 15) is 9.59 Å². The largest absolute Gasteiger partial charge is 0.480 e. The Morgan fingerprint density at radius 2 is 2.33 bits per heavy atom. The summed E-state index contributed by atoms with van der Waals surface area (Å²) >= 11 is 0. The van der Waals surface area contributed by atoms with E-state index >= 15 is 0 Å². The van der Waals surface area contributed by atoms with Crippen molar-refractivity contribution < 1.29 is 14.7 Å². The third kappa shape index (κ3) is 2.50. The zero-order valence-electron chi connectivity index (χ0n) is 6.54. The lowest BCUT2D eigenvalue weighted by Crippen LogP contribution is -2.40. The highest BCUT2D eigenvalue weighted by Gasteiger charge is 2.21. The van der Waals surface area contributed by atoms with Gasteiger partial charge in [-0.3, -0.25) is 4.79 Å². The molecule has 3 N–H and O–H groups in total. The quantitative estimate of drug-likeness (QED) is 0.514. The van der Waals surface area contributed by atoms with E-state index in [2.05, 4.69) is 10.6 Å². The summed E-state index contributed by atoms with van der Waals surface area (Å²) in [6.07, 6.45) is 1.74. The molecule has 0 saturated carbocycles. The second kappa shape index (κ2) is 4.06. The minimum Gasteiger partial charge on any atom is -0.480 e. The number of nitrogens with one attached hydrogen (secondary N) is 2. The molecule has 0 aromatic heterocycles. The predicted octanol–water partition coefficient (Wildman–Crippen LogP) is -0.899. The predicted molar refractivity (Wildman–Crippen MR) is 41.1 cm³/mol. The summed E-state index contributed by atoms with van der Waals surface area (Å²) in [5, 5.41) is 13.4. The van der Waals surface area contributed by atoms with Crippen molar-refractivity contribution >= 4 is 11.9 Å². The van der Waals surface area contributed by atoms with Gasteiger partial charge in [-0.15, -0.1) is 0 Å². The summed E-state index contributed by atoms with van der Waals surface area (Å²) in [6, 6.07) is -0.222. The SMILES string of the molecule is O=C(O)[CH]NC(=O)C1CCCN1. The highest BCUT2D eigenvalue weighted by atomic mass is 16.4. The number of rotatable bonds is 3. The fourth-order valence-corrected chi connectivity index (χ4v) is 1.14. The van der Waals surface area contributed by atoms with Gasteiger partial charge >= 0.3 is 5.97 Å². The van der Waals surface area contributed by atoms with E-state index in [-0.39, 0.29) is 11.9 Å². The van der Waals surface area contributed by atoms with Crippen molar-refractivity contribution in [1.29, 1.82) is 0 Å². The number of hydrogen-bond donors (Lipinski definition) is 3. The van der Waals surface area contributed by atoms with Gasteiger partial charge in [-0.05, 0) is 19.4 Å². The van der Waals surface area contributed by atoms with Gasteiger partial charge in [0.25, 0.3) is 0 Å². The van der Waals surface area contributed by atoms with Crippen LogP contribution in [0, 0.1) is 6.54 Å². The maximum absolute atomic E-state index is 11.1. The fourth-order valence-electron chi connectivity index (χ4n) is 1.14. The van der Waals surface area contributed by atoms with Crippen LogP contribution < -0.4 is 10.6 Å². The molecular weight excluding hydrogens is 160 g/mol. The molecule has 1 radical (unpaired) electrons. The fraction of sp³-hybridized carbons (Fsp3) is 0.571. The molecule has 1 amide bonds. The van der Waals surface area contributed by atoms with E-state index in [0.29, 0.717) is 0 Å². The number of carbonyl (C=O) groups excluding carboxylic acids is 1. The molecule has 1 aliphatic heterocycles. The molecular formula is C7H11N2O3. The minimum absolute atomic E-state index is 0.222. The van der Waals surface area contributed by atoms with Gasteiger partial charge in [-0.25, -0.2) is 4.79 Å². The summed E-state index contributed by atoms with van der Waals surface area (Å²) in [5.41, 5.74) is 0. The average molecular weight is 171 g/mol. The first kappa shape index (κ1) is 8.99. The van der Waals surface area contributed by atoms with Crippen LogP contribution in [0.25, 0.3) is 0 Å². The number of aliphatic carboxylic acids is 1. The average Bonchev–Trinajstić information content (AvgIpc) is 2.51. The summed E-state index contributed by atoms with van der Waals surface area (Å²) in [7, 11) is 0. The van der Waals surface area contributed by atoms with E-state index in [1.807, 2.05) is 0 Å². The Morgan fingerprint density at radius 1 is 1.58 bits per heavy atom. The van der Waals surface area contributed by atoms with E-state index < -0.39 is 5.97 Å². The van der Waals surface area contributed by atoms with Gasteiger partial charge in [0.2, 0.25) is 5.91 Å². The molecule has 5 nitrogen and oxygen atoms in total. The molecule has 0 aromatic rings. The lowest BCUT2D eigenvalue weighted by molar-refractivity contribution is -0.135. The molecule has 1 fully saturated rings. The molecule has 1 rings (SSSR count). The first-order valence-corrected chi connectivity index (χ1v) is 3.80. The van der Waals surface area contributed by atoms with E-state index in [4.69, 9.17) is 5.11 Å². The lowest BCUT2D eigenvalue weighted by Gasteiger charge is -2.08. The zero-order valence-corrected chi connectivity index (χ0v) is 6.54. The highest BCUT2D eigenvalue weighted by molar-refractivity contribution is 5.88. The molecule has 1 heterocycles. The third-order valence-corrected chi connectivity index (χ3v) is 1.71. The molecule has 0 aliphatic carbocycles. The van der Waals surface area contributed by atoms with Crippen LogP contribution in [0.5, 0.6) is 0 Å². The van der Waals surface area contributed by atoms with Crippen molar-refractivity contribution in [1.82, 2.24) is 10.6 Å². The Balaban J connectivity index is 2.23. The van der Waals surface area contributed by atoms with Crippen molar-refractivity contribution in [3.63, 3.8) is 0 Å². The molecule has 0 spiro atoms. The number of amides is 1. The van der Waals surface area contributed by atoms with Gasteiger partial charge in [0, 0.05) is 0 Å². The zero-order chi connectivity index (χ0) is 8.97. The molecule has 1 atom stereocenters. The van der Waals surface area contributed by atoms with Gasteiger partial charge in [0.05, 0.1) is 6.04 Å². The molecule has 1 aliphatic rings. The molecule has 1 saturated heterocycles. The van der Waals surface area contributed by atoms with Crippen molar-refractivity contribution in [3.8, 4) is 0 Å². The Kier molecular flexibility index (Phi) is 3.04. The molecule has 1 unspecified atom stereocenters. The molecule has 0 aromatic carbocycles. The van der Waals surface area contributed by atoms with Crippen LogP contribution in [0.4, 0.5) is 0 Å². The summed E-state index contributed by atoms with van der Waals surface area (Å²) in [4.78, 5) is 21.1. The van der Waals surface area contributed by atoms with Crippen LogP contribution in [0.1, 0.15) is 12.8 Å². The highest BCUT2D eigenvalue weighted by Crippen LogP contribution is 2.04. The van der Waals surface area contributed by atoms with Gasteiger partial charge in [0.15, 0.2) is 6.54 Å². The number of carboxylic acids is 1. The van der Waals surface area contributed by atoms with Crippen LogP contribution in [0.15, 0.2) is 0 Å². The summed E-state index contributed by atoms with van der Waals surface area (Å²) in [5.74, 6) is -1.41. The Hall–Kier alpha value is -1.10. The molecule has 0 bridgehead atoms. The van der Waals surface area contributed by atoms with Crippen molar-refractivity contribution in [3.05, 3.63) is 6.54 Å². The Bertz CT molecular complexity index is 187. The van der Waals surface area contributed by atoms with Crippen molar-refractivity contribution in [2.24, 2.45) is 0 Å². The summed E-state index contributed by atoms with van der Waals surface area (Å²) < 4.78 is 0. The van der Waals surface area contributed by atoms with Gasteiger partial charge in [-0.2, -0.15) is 0 Å². The molecule has 67 valence electrons. The van der Waals surface area contributed by atoms with Gasteiger partial charge in [-0.1, -0.05) is 0 Å². The van der Waals surface area contributed by atoms with Crippen LogP contribution in [-0.2, 0) is 9.59 Å². The van der Waals surface area contributed by atoms with Gasteiger partial charge < -0.3 is 15.7 Å². The standard InChI is InChI=1S/C7H11N2O3/c10-6(11)4-9-7(12)5-2-1-3-8-5/h4-5,8H,1-3H2,(H,9,12)(H,10,11). The minimum atomic E-state index is -1.14. The third-order valence-electron chi connectivity index (χ3n) is 1.71.